The van der Waals surface area contributed by atoms with Crippen LogP contribution in [0.15, 0.2) is 0 Å². The summed E-state index contributed by atoms with van der Waals surface area (Å²) in [4.78, 5) is 41.1. The zero-order valence-electron chi connectivity index (χ0n) is 6.13. The van der Waals surface area contributed by atoms with Crippen molar-refractivity contribution in [3.05, 3.63) is 40.5 Å². The molecule has 92 valence electrons. The molecule has 0 heterocycles. The Labute approximate surface area is 85.9 Å². The van der Waals surface area contributed by atoms with E-state index in [1.807, 2.05) is 0 Å². The van der Waals surface area contributed by atoms with E-state index in [1.165, 1.54) is 0 Å². The summed E-state index contributed by atoms with van der Waals surface area (Å²) in [5, 5.41) is 41.1. The van der Waals surface area contributed by atoms with Gasteiger partial charge in [-0.05, 0) is 0 Å². The van der Waals surface area contributed by atoms with E-state index < -0.39 is 26.4 Å². The van der Waals surface area contributed by atoms with E-state index in [-0.39, 0.29) is 0 Å². The first kappa shape index (κ1) is 13.9. The van der Waals surface area contributed by atoms with Gasteiger partial charge >= 0.3 is 85.7 Å². The molecule has 0 saturated heterocycles. The van der Waals surface area contributed by atoms with Gasteiger partial charge in [0.2, 0.25) is 0 Å². The monoisotopic (exact) mass is 449 g/mol. The molecule has 0 atom stereocenters. The second kappa shape index (κ2) is 2.71. The number of nitro groups is 4. The molecular weight excluding hydrogens is 450 g/mol. The Morgan fingerprint density at radius 1 is 0.667 bits per heavy atom. The number of hydrogen-bond acceptors (Lipinski definition) is 8. The summed E-state index contributed by atoms with van der Waals surface area (Å²) >= 11 is -9.09. The van der Waals surface area contributed by atoms with Crippen LogP contribution < -0.4 is 0 Å². The summed E-state index contributed by atoms with van der Waals surface area (Å²) in [6.07, 6.45) is 0. The van der Waals surface area contributed by atoms with Gasteiger partial charge < -0.3 is 0 Å². The van der Waals surface area contributed by atoms with Gasteiger partial charge in [-0.3, -0.25) is 0 Å². The van der Waals surface area contributed by atoms with Gasteiger partial charge in [-0.2, -0.15) is 0 Å². The molecule has 0 N–H and O–H groups in total. The van der Waals surface area contributed by atoms with Crippen LogP contribution in [-0.2, 0) is 12.5 Å². The zero-order chi connectivity index (χ0) is 12.7. The van der Waals surface area contributed by atoms with Gasteiger partial charge in [-0.25, -0.2) is 0 Å². The van der Waals surface area contributed by atoms with E-state index in [9.17, 15) is 40.5 Å². The first-order valence-electron chi connectivity index (χ1n) is 2.27. The molecule has 0 aromatic rings. The van der Waals surface area contributed by atoms with Crippen molar-refractivity contribution in [3.63, 3.8) is 0 Å². The molecule has 0 amide bonds. The molecule has 15 heavy (non-hydrogen) atoms. The normalized spacial score (nSPS) is 15.9. The fraction of sp³-hybridized carbons (Fsp3) is 0. The third-order valence-corrected chi connectivity index (χ3v) is 13.6. The van der Waals surface area contributed by atoms with Crippen molar-refractivity contribution < 1.29 is 26.4 Å². The van der Waals surface area contributed by atoms with Crippen LogP contribution in [0.1, 0.15) is 0 Å². The Kier molecular flexibility index (Phi) is 2.50. The standard InChI is InChI=1S/2ClH.4NO2.Pt/c;;4*2-1-3;/h2*1H;;;;;/q;;;;;;+2/p-2. The van der Waals surface area contributed by atoms with Crippen LogP contribution in [0.4, 0.5) is 0 Å². The van der Waals surface area contributed by atoms with E-state index in [4.69, 9.17) is 0 Å². The average Bonchev–Trinajstić information content (AvgIpc) is 2.03. The SMILES string of the molecule is O=[N+]([O-])[Pt]([Cl])([Cl])([N+](=O)[O-])([N+](=O)[O-])[N+](=O)[O-]. The third-order valence-electron chi connectivity index (χ3n) is 0.969. The molecule has 0 radical (unpaired) electrons. The first-order chi connectivity index (χ1) is 6.38. The molecule has 0 fully saturated rings. The van der Waals surface area contributed by atoms with Crippen LogP contribution in [0.25, 0.3) is 0 Å². The van der Waals surface area contributed by atoms with Crippen molar-refractivity contribution >= 4 is 18.8 Å². The minimum atomic E-state index is -9.09. The van der Waals surface area contributed by atoms with Gasteiger partial charge in [-0.1, -0.05) is 0 Å². The number of halogens is 2. The van der Waals surface area contributed by atoms with Gasteiger partial charge in [0.25, 0.3) is 0 Å². The summed E-state index contributed by atoms with van der Waals surface area (Å²) in [5.41, 5.74) is 0. The van der Waals surface area contributed by atoms with E-state index in [1.54, 1.807) is 0 Å². The summed E-state index contributed by atoms with van der Waals surface area (Å²) in [6, 6.07) is 0. The van der Waals surface area contributed by atoms with Crippen molar-refractivity contribution in [2.45, 2.75) is 0 Å². The molecule has 15 heteroatoms. The molecule has 0 aliphatic carbocycles. The Hall–Kier alpha value is -1.13. The number of hydrogen-bond donors (Lipinski definition) is 0. The third kappa shape index (κ3) is 1.01. The minimum absolute atomic E-state index is 2.43. The fourth-order valence-corrected chi connectivity index (χ4v) is 2.07. The van der Waals surface area contributed by atoms with E-state index in [0.717, 1.165) is 0 Å². The Balaban J connectivity index is 6.77. The molecular formula is Cl2N4O8Pt. The summed E-state index contributed by atoms with van der Waals surface area (Å²) < 4.78 is -9.73. The van der Waals surface area contributed by atoms with Crippen LogP contribution >= 0.6 is 18.8 Å². The predicted octanol–water partition coefficient (Wildman–Crippen LogP) is 0.286. The predicted molar refractivity (Wildman–Crippen MR) is 39.7 cm³/mol. The van der Waals surface area contributed by atoms with Crippen LogP contribution in [0, 0.1) is 40.5 Å². The maximum atomic E-state index is 10.3. The fourth-order valence-electron chi connectivity index (χ4n) is 0.253. The van der Waals surface area contributed by atoms with Gasteiger partial charge in [-0.15, -0.1) is 0 Å². The molecule has 0 aliphatic heterocycles. The molecule has 12 nitrogen and oxygen atoms in total. The second-order valence-electron chi connectivity index (χ2n) is 1.61. The summed E-state index contributed by atoms with van der Waals surface area (Å²) in [6.45, 7) is 0. The van der Waals surface area contributed by atoms with Crippen molar-refractivity contribution in [1.29, 1.82) is 0 Å². The molecule has 0 unspecified atom stereocenters. The molecule has 0 rings (SSSR count). The van der Waals surface area contributed by atoms with E-state index in [0.29, 0.717) is 0 Å². The molecule has 0 spiro atoms. The maximum absolute atomic E-state index is 10.3. The van der Waals surface area contributed by atoms with Crippen molar-refractivity contribution in [2.75, 3.05) is 0 Å². The summed E-state index contributed by atoms with van der Waals surface area (Å²) in [7, 11) is 9.09. The Bertz CT molecular complexity index is 333. The van der Waals surface area contributed by atoms with Gasteiger partial charge in [0.15, 0.2) is 0 Å². The zero-order valence-corrected chi connectivity index (χ0v) is 9.91. The van der Waals surface area contributed by atoms with Crippen LogP contribution in [0.5, 0.6) is 0 Å². The number of nitrogens with zero attached hydrogens (tertiary/aromatic N) is 4. The van der Waals surface area contributed by atoms with Crippen LogP contribution in [0.3, 0.4) is 0 Å². The molecule has 0 bridgehead atoms. The van der Waals surface area contributed by atoms with Gasteiger partial charge in [0, 0.05) is 0 Å². The van der Waals surface area contributed by atoms with Gasteiger partial charge in [0.05, 0.1) is 0 Å². The first-order valence-corrected chi connectivity index (χ1v) is 12.0. The topological polar surface area (TPSA) is 173 Å². The van der Waals surface area contributed by atoms with E-state index >= 15 is 0 Å². The van der Waals surface area contributed by atoms with Crippen LogP contribution in [-0.4, -0.2) is 13.9 Å². The Morgan fingerprint density at radius 3 is 0.800 bits per heavy atom. The van der Waals surface area contributed by atoms with Crippen molar-refractivity contribution in [2.24, 2.45) is 0 Å². The number of rotatable bonds is 4. The van der Waals surface area contributed by atoms with Crippen LogP contribution in [0.2, 0.25) is 0 Å². The molecule has 0 saturated carbocycles. The molecule has 0 aromatic heterocycles. The second-order valence-corrected chi connectivity index (χ2v) is 21.0. The van der Waals surface area contributed by atoms with Gasteiger partial charge in [0.1, 0.15) is 0 Å². The molecule has 0 aromatic carbocycles. The average molecular weight is 450 g/mol. The summed E-state index contributed by atoms with van der Waals surface area (Å²) in [5.74, 6) is 0. The van der Waals surface area contributed by atoms with Crippen molar-refractivity contribution in [1.82, 2.24) is 0 Å². The molecule has 0 aliphatic rings. The van der Waals surface area contributed by atoms with Crippen molar-refractivity contribution in [3.8, 4) is 0 Å². The van der Waals surface area contributed by atoms with E-state index in [2.05, 4.69) is 18.8 Å². The Morgan fingerprint density at radius 2 is 0.800 bits per heavy atom. The quantitative estimate of drug-likeness (QED) is 0.434.